The van der Waals surface area contributed by atoms with Crippen molar-refractivity contribution in [3.05, 3.63) is 52.2 Å². The first kappa shape index (κ1) is 17.9. The van der Waals surface area contributed by atoms with Crippen LogP contribution in [0.4, 0.5) is 0 Å². The Morgan fingerprint density at radius 2 is 1.86 bits per heavy atom. The summed E-state index contributed by atoms with van der Waals surface area (Å²) in [5.41, 5.74) is 1.02. The Hall–Kier alpha value is -3.48. The van der Waals surface area contributed by atoms with Gasteiger partial charge in [0, 0.05) is 18.1 Å². The van der Waals surface area contributed by atoms with Crippen LogP contribution in [0.5, 0.6) is 17.2 Å². The summed E-state index contributed by atoms with van der Waals surface area (Å²) in [5.74, 6) is 0.943. The van der Waals surface area contributed by atoms with Crippen LogP contribution in [-0.2, 0) is 4.79 Å². The third-order valence-corrected chi connectivity index (χ3v) is 4.93. The molecule has 1 fully saturated rings. The summed E-state index contributed by atoms with van der Waals surface area (Å²) in [7, 11) is 2.98. The first-order chi connectivity index (χ1) is 13.5. The second-order valence-corrected chi connectivity index (χ2v) is 6.58. The third-order valence-electron chi connectivity index (χ3n) is 4.93. The van der Waals surface area contributed by atoms with Crippen molar-refractivity contribution >= 4 is 16.9 Å². The molecule has 28 heavy (non-hydrogen) atoms. The second kappa shape index (κ2) is 6.92. The van der Waals surface area contributed by atoms with Gasteiger partial charge in [-0.3, -0.25) is 9.59 Å². The number of carbonyl (C=O) groups excluding carboxylic acids is 1. The molecule has 2 N–H and O–H groups in total. The molecule has 0 radical (unpaired) electrons. The summed E-state index contributed by atoms with van der Waals surface area (Å²) < 4.78 is 16.4. The lowest BCUT2D eigenvalue weighted by Crippen LogP contribution is -2.19. The van der Waals surface area contributed by atoms with Crippen LogP contribution in [0.1, 0.15) is 24.4 Å². The molecule has 1 amide bonds. The molecule has 1 aliphatic rings. The zero-order valence-corrected chi connectivity index (χ0v) is 15.4. The van der Waals surface area contributed by atoms with Gasteiger partial charge >= 0.3 is 0 Å². The summed E-state index contributed by atoms with van der Waals surface area (Å²) >= 11 is 0. The maximum atomic E-state index is 12.8. The fraction of sp³-hybridized carbons (Fsp3) is 0.238. The van der Waals surface area contributed by atoms with E-state index in [1.54, 1.807) is 31.4 Å². The minimum atomic E-state index is -0.459. The molecule has 0 unspecified atom stereocenters. The monoisotopic (exact) mass is 381 g/mol. The Kier molecular flexibility index (Phi) is 4.43. The lowest BCUT2D eigenvalue weighted by molar-refractivity contribution is -0.119. The molecule has 144 valence electrons. The maximum absolute atomic E-state index is 12.8. The van der Waals surface area contributed by atoms with Crippen LogP contribution in [0.15, 0.2) is 45.6 Å². The number of methoxy groups -OCH3 is 2. The van der Waals surface area contributed by atoms with Gasteiger partial charge in [0.1, 0.15) is 17.1 Å². The molecule has 0 spiro atoms. The van der Waals surface area contributed by atoms with Gasteiger partial charge in [0.15, 0.2) is 16.9 Å². The Labute approximate surface area is 160 Å². The Morgan fingerprint density at radius 3 is 2.46 bits per heavy atom. The summed E-state index contributed by atoms with van der Waals surface area (Å²) in [6, 6.07) is 9.49. The Balaban J connectivity index is 1.96. The number of hydrogen-bond acceptors (Lipinski definition) is 6. The van der Waals surface area contributed by atoms with Gasteiger partial charge in [-0.05, 0) is 36.8 Å². The minimum Gasteiger partial charge on any atom is -0.504 e. The number of amides is 1. The molecule has 7 nitrogen and oxygen atoms in total. The van der Waals surface area contributed by atoms with Gasteiger partial charge < -0.3 is 24.3 Å². The van der Waals surface area contributed by atoms with Gasteiger partial charge in [0.05, 0.1) is 31.2 Å². The van der Waals surface area contributed by atoms with Gasteiger partial charge in [0.25, 0.3) is 0 Å². The average molecular weight is 381 g/mol. The van der Waals surface area contributed by atoms with E-state index in [1.165, 1.54) is 19.2 Å². The number of hydrogen-bond donors (Lipinski definition) is 2. The van der Waals surface area contributed by atoms with Gasteiger partial charge in [0.2, 0.25) is 5.91 Å². The SMILES string of the molecule is COc1ccc(-c2cc(=O)c3cc(OC)c(O)c([C@H]4CCC(=O)N4)c3o2)cc1. The molecule has 7 heteroatoms. The number of phenolic OH excluding ortho intramolecular Hbond substituents is 1. The largest absolute Gasteiger partial charge is 0.504 e. The molecule has 0 bridgehead atoms. The van der Waals surface area contributed by atoms with E-state index in [9.17, 15) is 14.7 Å². The van der Waals surface area contributed by atoms with E-state index >= 15 is 0 Å². The van der Waals surface area contributed by atoms with Crippen molar-refractivity contribution < 1.29 is 23.8 Å². The highest BCUT2D eigenvalue weighted by Crippen LogP contribution is 2.42. The number of aromatic hydroxyl groups is 1. The predicted molar refractivity (Wildman–Crippen MR) is 103 cm³/mol. The molecular weight excluding hydrogens is 362 g/mol. The van der Waals surface area contributed by atoms with E-state index < -0.39 is 6.04 Å². The number of nitrogens with one attached hydrogen (secondary N) is 1. The minimum absolute atomic E-state index is 0.117. The Bertz CT molecular complexity index is 1120. The van der Waals surface area contributed by atoms with Crippen LogP contribution in [0.3, 0.4) is 0 Å². The Morgan fingerprint density at radius 1 is 1.11 bits per heavy atom. The number of fused-ring (bicyclic) bond motifs is 1. The molecule has 1 saturated heterocycles. The van der Waals surface area contributed by atoms with Crippen molar-refractivity contribution in [2.75, 3.05) is 14.2 Å². The summed E-state index contributed by atoms with van der Waals surface area (Å²) in [5, 5.41) is 13.8. The lowest BCUT2D eigenvalue weighted by Gasteiger charge is -2.17. The van der Waals surface area contributed by atoms with Crippen LogP contribution < -0.4 is 20.2 Å². The number of phenols is 1. The van der Waals surface area contributed by atoms with Crippen LogP contribution in [0.2, 0.25) is 0 Å². The van der Waals surface area contributed by atoms with Gasteiger partial charge in [-0.1, -0.05) is 0 Å². The van der Waals surface area contributed by atoms with Crippen molar-refractivity contribution in [3.63, 3.8) is 0 Å². The van der Waals surface area contributed by atoms with Crippen molar-refractivity contribution in [2.24, 2.45) is 0 Å². The zero-order chi connectivity index (χ0) is 19.8. The van der Waals surface area contributed by atoms with Crippen LogP contribution in [-0.4, -0.2) is 25.2 Å². The molecule has 2 heterocycles. The topological polar surface area (TPSA) is 98.0 Å². The standard InChI is InChI=1S/C21H19NO6/c1-26-12-5-3-11(4-6-12)16-10-15(23)13-9-17(27-2)20(25)19(21(13)28-16)14-7-8-18(24)22-14/h3-6,9-10,14,25H,7-8H2,1-2H3,(H,22,24)/t14-/m1/s1. The fourth-order valence-electron chi connectivity index (χ4n) is 3.49. The smallest absolute Gasteiger partial charge is 0.220 e. The average Bonchev–Trinajstić information content (AvgIpc) is 3.13. The summed E-state index contributed by atoms with van der Waals surface area (Å²) in [4.78, 5) is 24.5. The van der Waals surface area contributed by atoms with Crippen molar-refractivity contribution in [3.8, 4) is 28.6 Å². The zero-order valence-electron chi connectivity index (χ0n) is 15.4. The maximum Gasteiger partial charge on any atom is 0.220 e. The second-order valence-electron chi connectivity index (χ2n) is 6.58. The molecule has 1 aromatic heterocycles. The molecule has 0 saturated carbocycles. The normalized spacial score (nSPS) is 16.2. The van der Waals surface area contributed by atoms with E-state index in [-0.39, 0.29) is 33.8 Å². The van der Waals surface area contributed by atoms with Gasteiger partial charge in [-0.15, -0.1) is 0 Å². The molecule has 0 aliphatic carbocycles. The first-order valence-electron chi connectivity index (χ1n) is 8.83. The van der Waals surface area contributed by atoms with Crippen molar-refractivity contribution in [2.45, 2.75) is 18.9 Å². The number of rotatable bonds is 4. The van der Waals surface area contributed by atoms with E-state index in [0.29, 0.717) is 35.5 Å². The highest BCUT2D eigenvalue weighted by atomic mass is 16.5. The van der Waals surface area contributed by atoms with Gasteiger partial charge in [-0.25, -0.2) is 0 Å². The predicted octanol–water partition coefficient (Wildman–Crippen LogP) is 3.13. The summed E-state index contributed by atoms with van der Waals surface area (Å²) in [6.45, 7) is 0. The van der Waals surface area contributed by atoms with Crippen LogP contribution in [0, 0.1) is 0 Å². The lowest BCUT2D eigenvalue weighted by atomic mass is 9.99. The summed E-state index contributed by atoms with van der Waals surface area (Å²) in [6.07, 6.45) is 0.830. The third kappa shape index (κ3) is 2.94. The van der Waals surface area contributed by atoms with Crippen molar-refractivity contribution in [1.29, 1.82) is 0 Å². The van der Waals surface area contributed by atoms with E-state index in [2.05, 4.69) is 5.32 Å². The fourth-order valence-corrected chi connectivity index (χ4v) is 3.49. The molecule has 2 aromatic carbocycles. The van der Waals surface area contributed by atoms with E-state index in [1.807, 2.05) is 0 Å². The molecular formula is C21H19NO6. The molecule has 1 aliphatic heterocycles. The number of ether oxygens (including phenoxy) is 2. The number of benzene rings is 2. The van der Waals surface area contributed by atoms with Gasteiger partial charge in [-0.2, -0.15) is 0 Å². The number of carbonyl (C=O) groups is 1. The molecule has 3 aromatic rings. The highest BCUT2D eigenvalue weighted by molar-refractivity contribution is 5.88. The molecule has 4 rings (SSSR count). The van der Waals surface area contributed by atoms with E-state index in [0.717, 1.165) is 0 Å². The van der Waals surface area contributed by atoms with Crippen LogP contribution >= 0.6 is 0 Å². The van der Waals surface area contributed by atoms with E-state index in [4.69, 9.17) is 13.9 Å². The van der Waals surface area contributed by atoms with Crippen molar-refractivity contribution in [1.82, 2.24) is 5.32 Å². The first-order valence-corrected chi connectivity index (χ1v) is 8.83. The quantitative estimate of drug-likeness (QED) is 0.721. The van der Waals surface area contributed by atoms with Crippen LogP contribution in [0.25, 0.3) is 22.3 Å². The molecule has 1 atom stereocenters. The highest BCUT2D eigenvalue weighted by Gasteiger charge is 2.30.